The van der Waals surface area contributed by atoms with E-state index in [-0.39, 0.29) is 30.2 Å². The van der Waals surface area contributed by atoms with Gasteiger partial charge in [0.25, 0.3) is 0 Å². The summed E-state index contributed by atoms with van der Waals surface area (Å²) in [6, 6.07) is 12.3. The summed E-state index contributed by atoms with van der Waals surface area (Å²) >= 11 is 13.6. The van der Waals surface area contributed by atoms with Crippen LogP contribution in [0.5, 0.6) is 5.75 Å². The number of ether oxygens (including phenoxy) is 1. The van der Waals surface area contributed by atoms with Crippen LogP contribution in [0.4, 0.5) is 0 Å². The number of benzene rings is 2. The molecule has 2 aromatic rings. The maximum Gasteiger partial charge on any atom is 0.242 e. The van der Waals surface area contributed by atoms with E-state index in [0.29, 0.717) is 15.8 Å². The van der Waals surface area contributed by atoms with Crippen LogP contribution in [0, 0.1) is 0 Å². The molecule has 0 radical (unpaired) electrons. The smallest absolute Gasteiger partial charge is 0.242 e. The molecule has 0 aliphatic heterocycles. The van der Waals surface area contributed by atoms with Crippen LogP contribution in [0.3, 0.4) is 0 Å². The highest BCUT2D eigenvalue weighted by molar-refractivity contribution is 7.99. The highest BCUT2D eigenvalue weighted by atomic mass is 35.5. The highest BCUT2D eigenvalue weighted by Gasteiger charge is 2.26. The second kappa shape index (κ2) is 12.2. The molecule has 0 spiro atoms. The third-order valence-electron chi connectivity index (χ3n) is 4.59. The second-order valence-electron chi connectivity index (χ2n) is 7.45. The van der Waals surface area contributed by atoms with Gasteiger partial charge in [-0.1, -0.05) is 41.4 Å². The first-order valence-corrected chi connectivity index (χ1v) is 11.9. The van der Waals surface area contributed by atoms with Gasteiger partial charge in [-0.2, -0.15) is 0 Å². The summed E-state index contributed by atoms with van der Waals surface area (Å²) in [5.74, 6) is 1.43. The van der Waals surface area contributed by atoms with Gasteiger partial charge in [-0.05, 0) is 56.2 Å². The molecular formula is C23H28Cl2N2O3S. The first-order valence-electron chi connectivity index (χ1n) is 9.95. The molecule has 1 unspecified atom stereocenters. The van der Waals surface area contributed by atoms with Gasteiger partial charge < -0.3 is 15.0 Å². The van der Waals surface area contributed by atoms with Crippen molar-refractivity contribution in [3.8, 4) is 5.75 Å². The van der Waals surface area contributed by atoms with Gasteiger partial charge in [-0.25, -0.2) is 0 Å². The van der Waals surface area contributed by atoms with Gasteiger partial charge >= 0.3 is 0 Å². The minimum Gasteiger partial charge on any atom is -0.497 e. The number of hydrogen-bond acceptors (Lipinski definition) is 4. The highest BCUT2D eigenvalue weighted by Crippen LogP contribution is 2.24. The largest absolute Gasteiger partial charge is 0.497 e. The van der Waals surface area contributed by atoms with Gasteiger partial charge in [-0.15, -0.1) is 11.8 Å². The Morgan fingerprint density at radius 1 is 1.03 bits per heavy atom. The lowest BCUT2D eigenvalue weighted by atomic mass is 10.1. The quantitative estimate of drug-likeness (QED) is 0.506. The SMILES string of the molecule is COc1ccc(CSCC(=O)N(Cc2ccc(Cl)c(Cl)c2)C(C)C(=O)NC(C)C)cc1. The van der Waals surface area contributed by atoms with Crippen molar-refractivity contribution < 1.29 is 14.3 Å². The Bertz CT molecular complexity index is 891. The molecule has 31 heavy (non-hydrogen) atoms. The van der Waals surface area contributed by atoms with Gasteiger partial charge in [0.15, 0.2) is 0 Å². The van der Waals surface area contributed by atoms with Gasteiger partial charge in [0.1, 0.15) is 11.8 Å². The van der Waals surface area contributed by atoms with Crippen LogP contribution in [-0.4, -0.2) is 41.7 Å². The van der Waals surface area contributed by atoms with Crippen molar-refractivity contribution >= 4 is 46.8 Å². The zero-order chi connectivity index (χ0) is 23.0. The fourth-order valence-electron chi connectivity index (χ4n) is 2.88. The van der Waals surface area contributed by atoms with Crippen molar-refractivity contribution in [3.05, 3.63) is 63.6 Å². The molecule has 0 aromatic heterocycles. The second-order valence-corrected chi connectivity index (χ2v) is 9.25. The standard InChI is InChI=1S/C23H28Cl2N2O3S/c1-15(2)26-23(29)16(3)27(12-18-7-10-20(24)21(25)11-18)22(28)14-31-13-17-5-8-19(30-4)9-6-17/h5-11,15-16H,12-14H2,1-4H3,(H,26,29). The molecular weight excluding hydrogens is 455 g/mol. The maximum atomic E-state index is 13.1. The summed E-state index contributed by atoms with van der Waals surface area (Å²) < 4.78 is 5.17. The van der Waals surface area contributed by atoms with E-state index >= 15 is 0 Å². The number of nitrogens with zero attached hydrogens (tertiary/aromatic N) is 1. The van der Waals surface area contributed by atoms with E-state index < -0.39 is 6.04 Å². The number of carbonyl (C=O) groups is 2. The fraction of sp³-hybridized carbons (Fsp3) is 0.391. The zero-order valence-corrected chi connectivity index (χ0v) is 20.5. The summed E-state index contributed by atoms with van der Waals surface area (Å²) in [5.41, 5.74) is 1.91. The van der Waals surface area contributed by atoms with Crippen molar-refractivity contribution in [2.75, 3.05) is 12.9 Å². The zero-order valence-electron chi connectivity index (χ0n) is 18.2. The van der Waals surface area contributed by atoms with Crippen molar-refractivity contribution in [1.29, 1.82) is 0 Å². The molecule has 1 atom stereocenters. The van der Waals surface area contributed by atoms with E-state index in [4.69, 9.17) is 27.9 Å². The number of amides is 2. The molecule has 0 saturated heterocycles. The van der Waals surface area contributed by atoms with E-state index in [9.17, 15) is 9.59 Å². The van der Waals surface area contributed by atoms with E-state index in [2.05, 4.69) is 5.32 Å². The molecule has 0 heterocycles. The van der Waals surface area contributed by atoms with E-state index in [1.54, 1.807) is 31.1 Å². The number of methoxy groups -OCH3 is 1. The fourth-order valence-corrected chi connectivity index (χ4v) is 4.07. The van der Waals surface area contributed by atoms with Crippen LogP contribution in [0.2, 0.25) is 10.0 Å². The molecule has 2 amide bonds. The summed E-state index contributed by atoms with van der Waals surface area (Å²) in [4.78, 5) is 27.2. The number of thioether (sulfide) groups is 1. The lowest BCUT2D eigenvalue weighted by molar-refractivity contribution is -0.138. The van der Waals surface area contributed by atoms with Crippen LogP contribution in [-0.2, 0) is 21.9 Å². The Labute approximate surface area is 198 Å². The minimum absolute atomic E-state index is 0.0127. The summed E-state index contributed by atoms with van der Waals surface area (Å²) in [5, 5.41) is 3.74. The Balaban J connectivity index is 2.08. The molecule has 1 N–H and O–H groups in total. The molecule has 0 saturated carbocycles. The van der Waals surface area contributed by atoms with Gasteiger partial charge in [0.2, 0.25) is 11.8 Å². The lowest BCUT2D eigenvalue weighted by Gasteiger charge is -2.29. The van der Waals surface area contributed by atoms with Gasteiger partial charge in [0, 0.05) is 18.3 Å². The summed E-state index contributed by atoms with van der Waals surface area (Å²) in [7, 11) is 1.63. The topological polar surface area (TPSA) is 58.6 Å². The van der Waals surface area contributed by atoms with Crippen LogP contribution in [0.1, 0.15) is 31.9 Å². The molecule has 0 aliphatic carbocycles. The minimum atomic E-state index is -0.619. The van der Waals surface area contributed by atoms with Crippen LogP contribution in [0.25, 0.3) is 0 Å². The third kappa shape index (κ3) is 7.95. The first-order chi connectivity index (χ1) is 14.7. The first kappa shape index (κ1) is 25.4. The lowest BCUT2D eigenvalue weighted by Crippen LogP contribution is -2.49. The third-order valence-corrected chi connectivity index (χ3v) is 6.32. The van der Waals surface area contributed by atoms with Gasteiger partial charge in [-0.3, -0.25) is 9.59 Å². The molecule has 2 aromatic carbocycles. The number of halogens is 2. The number of carbonyl (C=O) groups excluding carboxylic acids is 2. The van der Waals surface area contributed by atoms with Crippen molar-refractivity contribution in [2.45, 2.75) is 45.2 Å². The molecule has 168 valence electrons. The Kier molecular flexibility index (Phi) is 10.0. The predicted molar refractivity (Wildman–Crippen MR) is 129 cm³/mol. The van der Waals surface area contributed by atoms with E-state index in [0.717, 1.165) is 16.9 Å². The van der Waals surface area contributed by atoms with Gasteiger partial charge in [0.05, 0.1) is 22.9 Å². The Morgan fingerprint density at radius 3 is 2.26 bits per heavy atom. The monoisotopic (exact) mass is 482 g/mol. The molecule has 2 rings (SSSR count). The normalized spacial score (nSPS) is 11.8. The Hall–Kier alpha value is -1.89. The molecule has 0 fully saturated rings. The molecule has 0 bridgehead atoms. The maximum absolute atomic E-state index is 13.1. The molecule has 8 heteroatoms. The average Bonchev–Trinajstić information content (AvgIpc) is 2.73. The predicted octanol–water partition coefficient (Wildman–Crippen LogP) is 5.18. The summed E-state index contributed by atoms with van der Waals surface area (Å²) in [6.07, 6.45) is 0. The van der Waals surface area contributed by atoms with Crippen molar-refractivity contribution in [2.24, 2.45) is 0 Å². The van der Waals surface area contributed by atoms with Crippen LogP contribution in [0.15, 0.2) is 42.5 Å². The van der Waals surface area contributed by atoms with Crippen molar-refractivity contribution in [1.82, 2.24) is 10.2 Å². The van der Waals surface area contributed by atoms with Crippen LogP contribution >= 0.6 is 35.0 Å². The van der Waals surface area contributed by atoms with Crippen molar-refractivity contribution in [3.63, 3.8) is 0 Å². The number of hydrogen-bond donors (Lipinski definition) is 1. The van der Waals surface area contributed by atoms with E-state index in [1.165, 1.54) is 11.8 Å². The average molecular weight is 483 g/mol. The Morgan fingerprint density at radius 2 is 1.68 bits per heavy atom. The molecule has 5 nitrogen and oxygen atoms in total. The molecule has 0 aliphatic rings. The number of nitrogens with one attached hydrogen (secondary N) is 1. The summed E-state index contributed by atoms with van der Waals surface area (Å²) in [6.45, 7) is 5.79. The number of rotatable bonds is 10. The van der Waals surface area contributed by atoms with E-state index in [1.807, 2.05) is 44.2 Å². The van der Waals surface area contributed by atoms with Crippen LogP contribution < -0.4 is 10.1 Å².